The van der Waals surface area contributed by atoms with Gasteiger partial charge in [-0.05, 0) is 83.9 Å². The van der Waals surface area contributed by atoms with Crippen molar-refractivity contribution in [2.75, 3.05) is 0 Å². The summed E-state index contributed by atoms with van der Waals surface area (Å²) in [7, 11) is 0. The molecule has 0 bridgehead atoms. The summed E-state index contributed by atoms with van der Waals surface area (Å²) in [5.74, 6) is 0. The van der Waals surface area contributed by atoms with E-state index in [4.69, 9.17) is 9.97 Å². The zero-order valence-electron chi connectivity index (χ0n) is 37.0. The number of hydrogen-bond acceptors (Lipinski definition) is 4. The van der Waals surface area contributed by atoms with E-state index in [-0.39, 0.29) is 22.3 Å². The second-order valence-corrected chi connectivity index (χ2v) is 17.1. The molecule has 6 nitrogen and oxygen atoms in total. The Morgan fingerprint density at radius 1 is 0.386 bits per heavy atom. The molecule has 0 saturated carbocycles. The Balaban J connectivity index is 1.09. The van der Waals surface area contributed by atoms with Crippen molar-refractivity contribution in [1.29, 1.82) is 10.5 Å². The molecule has 0 fully saturated rings. The van der Waals surface area contributed by atoms with E-state index in [1.807, 2.05) is 179 Å². The lowest BCUT2D eigenvalue weighted by atomic mass is 9.91. The molecule has 0 N–H and O–H groups in total. The van der Waals surface area contributed by atoms with Crippen LogP contribution >= 0.6 is 0 Å². The Morgan fingerprint density at radius 3 is 1.34 bits per heavy atom. The number of alkyl halides is 3. The normalized spacial score (nSPS) is 11.6. The molecular formula is C61H35F3N6. The molecule has 0 spiro atoms. The van der Waals surface area contributed by atoms with Crippen LogP contribution in [0.1, 0.15) is 16.7 Å². The van der Waals surface area contributed by atoms with E-state index < -0.39 is 11.7 Å². The number of pyridine rings is 2. The number of nitriles is 2. The van der Waals surface area contributed by atoms with Crippen LogP contribution in [0.15, 0.2) is 213 Å². The number of fused-ring (bicyclic) bond motifs is 6. The van der Waals surface area contributed by atoms with Gasteiger partial charge >= 0.3 is 6.18 Å². The van der Waals surface area contributed by atoms with Crippen LogP contribution in [0, 0.1) is 22.7 Å². The highest BCUT2D eigenvalue weighted by molar-refractivity contribution is 6.12. The molecule has 4 heterocycles. The molecular weight excluding hydrogens is 874 g/mol. The zero-order chi connectivity index (χ0) is 47.5. The number of nitrogens with zero attached hydrogens (tertiary/aromatic N) is 6. The molecule has 70 heavy (non-hydrogen) atoms. The van der Waals surface area contributed by atoms with Crippen molar-refractivity contribution in [2.24, 2.45) is 0 Å². The van der Waals surface area contributed by atoms with Crippen molar-refractivity contribution in [3.63, 3.8) is 0 Å². The molecule has 0 aliphatic rings. The summed E-state index contributed by atoms with van der Waals surface area (Å²) in [6, 6.07) is 67.0. The van der Waals surface area contributed by atoms with Gasteiger partial charge in [0.25, 0.3) is 0 Å². The summed E-state index contributed by atoms with van der Waals surface area (Å²) in [5.41, 5.74) is 9.90. The molecule has 0 aliphatic carbocycles. The lowest BCUT2D eigenvalue weighted by Crippen LogP contribution is -2.11. The molecule has 12 rings (SSSR count). The monoisotopic (exact) mass is 908 g/mol. The predicted octanol–water partition coefficient (Wildman–Crippen LogP) is 15.8. The average Bonchev–Trinajstić information content (AvgIpc) is 3.92. The van der Waals surface area contributed by atoms with Crippen LogP contribution in [0.3, 0.4) is 0 Å². The standard InChI is InChI=1S/C61H35F3N6/c62-61(63,64)51-19-11-16-42(34-65)60(51)50-33-58(69-54-20-9-7-17-46(54)48-30-40(24-28-56(48)69)43-22-26-52(67-36-43)38-12-3-1-4-13-38)45(35-66)32-59(50)70-55-21-10-8-18-47(55)49-31-41(25-29-57(49)70)44-23-27-53(68-37-44)39-14-5-2-6-15-39/h1-33,36-37H. The molecule has 0 amide bonds. The summed E-state index contributed by atoms with van der Waals surface area (Å²) in [6.45, 7) is 0. The Morgan fingerprint density at radius 2 is 0.857 bits per heavy atom. The van der Waals surface area contributed by atoms with Crippen LogP contribution in [0.2, 0.25) is 0 Å². The van der Waals surface area contributed by atoms with Crippen LogP contribution in [0.25, 0.3) is 111 Å². The molecule has 8 aromatic carbocycles. The van der Waals surface area contributed by atoms with Gasteiger partial charge < -0.3 is 9.13 Å². The third kappa shape index (κ3) is 6.96. The molecule has 330 valence electrons. The second-order valence-electron chi connectivity index (χ2n) is 17.1. The maximum atomic E-state index is 15.4. The molecule has 4 aromatic heterocycles. The lowest BCUT2D eigenvalue weighted by molar-refractivity contribution is -0.137. The second kappa shape index (κ2) is 16.6. The van der Waals surface area contributed by atoms with Crippen LogP contribution in [0.4, 0.5) is 13.2 Å². The smallest absolute Gasteiger partial charge is 0.309 e. The SMILES string of the molecule is N#Cc1cc(-n2c3ccccc3c3cc(-c4ccc(-c5ccccc5)nc4)ccc32)c(-c2c(C#N)cccc2C(F)(F)F)cc1-n1c2ccccc2c2cc(-c3ccc(-c4ccccc4)nc3)ccc21. The maximum Gasteiger partial charge on any atom is 0.417 e. The van der Waals surface area contributed by atoms with E-state index in [1.54, 1.807) is 12.1 Å². The number of aromatic nitrogens is 4. The minimum atomic E-state index is -4.83. The van der Waals surface area contributed by atoms with E-state index in [0.717, 1.165) is 83.4 Å². The first-order chi connectivity index (χ1) is 34.3. The molecule has 0 atom stereocenters. The fraction of sp³-hybridized carbons (Fsp3) is 0.0164. The predicted molar refractivity (Wildman–Crippen MR) is 272 cm³/mol. The van der Waals surface area contributed by atoms with Gasteiger partial charge in [-0.25, -0.2) is 0 Å². The van der Waals surface area contributed by atoms with Crippen molar-refractivity contribution in [1.82, 2.24) is 19.1 Å². The Kier molecular flexibility index (Phi) is 9.94. The summed E-state index contributed by atoms with van der Waals surface area (Å²) in [6.07, 6.45) is -1.14. The summed E-state index contributed by atoms with van der Waals surface area (Å²) in [4.78, 5) is 9.54. The van der Waals surface area contributed by atoms with Crippen LogP contribution < -0.4 is 0 Å². The molecule has 12 aromatic rings. The van der Waals surface area contributed by atoms with Gasteiger partial charge in [0, 0.05) is 67.3 Å². The van der Waals surface area contributed by atoms with Crippen molar-refractivity contribution < 1.29 is 13.2 Å². The minimum absolute atomic E-state index is 0.137. The highest BCUT2D eigenvalue weighted by Gasteiger charge is 2.36. The van der Waals surface area contributed by atoms with E-state index in [9.17, 15) is 10.5 Å². The Labute approximate surface area is 399 Å². The third-order valence-corrected chi connectivity index (χ3v) is 13.2. The Hall–Kier alpha value is -9.57. The van der Waals surface area contributed by atoms with E-state index in [1.165, 1.54) is 12.1 Å². The number of rotatable bonds is 7. The quantitative estimate of drug-likeness (QED) is 0.159. The average molecular weight is 909 g/mol. The van der Waals surface area contributed by atoms with Gasteiger partial charge in [0.1, 0.15) is 6.07 Å². The van der Waals surface area contributed by atoms with Gasteiger partial charge in [-0.1, -0.05) is 127 Å². The van der Waals surface area contributed by atoms with Crippen molar-refractivity contribution >= 4 is 43.6 Å². The highest BCUT2D eigenvalue weighted by Crippen LogP contribution is 2.46. The Bertz CT molecular complexity index is 4100. The van der Waals surface area contributed by atoms with Gasteiger partial charge in [-0.2, -0.15) is 23.7 Å². The van der Waals surface area contributed by atoms with Gasteiger partial charge in [-0.3, -0.25) is 9.97 Å². The largest absolute Gasteiger partial charge is 0.417 e. The first-order valence-corrected chi connectivity index (χ1v) is 22.6. The first-order valence-electron chi connectivity index (χ1n) is 22.6. The first kappa shape index (κ1) is 41.8. The molecule has 0 aliphatic heterocycles. The molecule has 9 heteroatoms. The van der Waals surface area contributed by atoms with Gasteiger partial charge in [0.15, 0.2) is 0 Å². The molecule has 0 unspecified atom stereocenters. The van der Waals surface area contributed by atoms with Gasteiger partial charge in [0.05, 0.1) is 67.6 Å². The molecule has 0 saturated heterocycles. The number of para-hydroxylation sites is 2. The van der Waals surface area contributed by atoms with Crippen molar-refractivity contribution in [3.05, 3.63) is 229 Å². The highest BCUT2D eigenvalue weighted by atomic mass is 19.4. The van der Waals surface area contributed by atoms with Gasteiger partial charge in [-0.15, -0.1) is 0 Å². The van der Waals surface area contributed by atoms with Crippen molar-refractivity contribution in [3.8, 4) is 79.4 Å². The summed E-state index contributed by atoms with van der Waals surface area (Å²) < 4.78 is 50.0. The van der Waals surface area contributed by atoms with E-state index in [2.05, 4.69) is 24.3 Å². The third-order valence-electron chi connectivity index (χ3n) is 13.2. The van der Waals surface area contributed by atoms with Crippen molar-refractivity contribution in [2.45, 2.75) is 6.18 Å². The lowest BCUT2D eigenvalue weighted by Gasteiger charge is -2.22. The van der Waals surface area contributed by atoms with E-state index >= 15 is 13.2 Å². The zero-order valence-corrected chi connectivity index (χ0v) is 37.0. The van der Waals surface area contributed by atoms with E-state index in [0.29, 0.717) is 22.4 Å². The topological polar surface area (TPSA) is 83.2 Å². The number of halogens is 3. The minimum Gasteiger partial charge on any atom is -0.309 e. The molecule has 0 radical (unpaired) electrons. The van der Waals surface area contributed by atoms with Crippen LogP contribution in [-0.2, 0) is 6.18 Å². The fourth-order valence-corrected chi connectivity index (χ4v) is 9.92. The number of hydrogen-bond donors (Lipinski definition) is 0. The van der Waals surface area contributed by atoms with Crippen LogP contribution in [-0.4, -0.2) is 19.1 Å². The maximum absolute atomic E-state index is 15.4. The van der Waals surface area contributed by atoms with Crippen LogP contribution in [0.5, 0.6) is 0 Å². The summed E-state index contributed by atoms with van der Waals surface area (Å²) >= 11 is 0. The number of benzene rings is 8. The summed E-state index contributed by atoms with van der Waals surface area (Å²) in [5, 5.41) is 25.3. The fourth-order valence-electron chi connectivity index (χ4n) is 9.92. The van der Waals surface area contributed by atoms with Gasteiger partial charge in [0.2, 0.25) is 0 Å².